The fraction of sp³-hybridized carbons (Fsp3) is 0.211. The van der Waals surface area contributed by atoms with Gasteiger partial charge in [0.2, 0.25) is 0 Å². The van der Waals surface area contributed by atoms with Crippen LogP contribution in [0.5, 0.6) is 11.5 Å². The molecule has 0 saturated carbocycles. The molecule has 0 spiro atoms. The zero-order valence-electron chi connectivity index (χ0n) is 15.6. The van der Waals surface area contributed by atoms with Crippen LogP contribution in [0.3, 0.4) is 0 Å². The lowest BCUT2D eigenvalue weighted by Crippen LogP contribution is -2.21. The average molecular weight is 399 g/mol. The molecule has 0 fully saturated rings. The molecule has 1 amide bonds. The van der Waals surface area contributed by atoms with Crippen molar-refractivity contribution >= 4 is 23.3 Å². The third-order valence-corrected chi connectivity index (χ3v) is 3.63. The topological polar surface area (TPSA) is 141 Å². The van der Waals surface area contributed by atoms with Crippen LogP contribution < -0.4 is 14.8 Å². The van der Waals surface area contributed by atoms with E-state index in [2.05, 4.69) is 5.32 Å². The van der Waals surface area contributed by atoms with E-state index >= 15 is 0 Å². The van der Waals surface area contributed by atoms with E-state index in [0.29, 0.717) is 11.3 Å². The normalized spacial score (nSPS) is 9.83. The number of carbonyl (C=O) groups excluding carboxylic acids is 2. The minimum atomic E-state index is -1.06. The minimum Gasteiger partial charge on any atom is -0.493 e. The Balaban J connectivity index is 2.11. The van der Waals surface area contributed by atoms with Crippen molar-refractivity contribution in [2.75, 3.05) is 25.6 Å². The van der Waals surface area contributed by atoms with E-state index in [1.165, 1.54) is 31.4 Å². The number of nitro benzene ring substituents is 1. The van der Waals surface area contributed by atoms with Gasteiger partial charge in [0, 0.05) is 11.8 Å². The van der Waals surface area contributed by atoms with Crippen molar-refractivity contribution in [2.24, 2.45) is 0 Å². The maximum absolute atomic E-state index is 12.3. The molecule has 0 aliphatic rings. The number of nitriles is 1. The lowest BCUT2D eigenvalue weighted by Gasteiger charge is -2.11. The first-order valence-corrected chi connectivity index (χ1v) is 8.36. The molecule has 1 N–H and O–H groups in total. The molecular formula is C19H17N3O7. The van der Waals surface area contributed by atoms with Crippen molar-refractivity contribution in [2.45, 2.75) is 6.92 Å². The first kappa shape index (κ1) is 21.2. The second-order valence-electron chi connectivity index (χ2n) is 5.52. The van der Waals surface area contributed by atoms with Crippen LogP contribution in [0, 0.1) is 21.4 Å². The van der Waals surface area contributed by atoms with Crippen molar-refractivity contribution in [3.05, 3.63) is 57.6 Å². The number of benzene rings is 2. The maximum Gasteiger partial charge on any atom is 0.345 e. The summed E-state index contributed by atoms with van der Waals surface area (Å²) in [5.41, 5.74) is -0.0850. The predicted octanol–water partition coefficient (Wildman–Crippen LogP) is 2.67. The minimum absolute atomic E-state index is 0.108. The van der Waals surface area contributed by atoms with E-state index in [9.17, 15) is 19.7 Å². The molecule has 0 aromatic heterocycles. The summed E-state index contributed by atoms with van der Waals surface area (Å²) in [4.78, 5) is 34.8. The highest BCUT2D eigenvalue weighted by Gasteiger charge is 2.26. The average Bonchev–Trinajstić information content (AvgIpc) is 2.72. The Kier molecular flexibility index (Phi) is 7.08. The molecule has 0 unspecified atom stereocenters. The second kappa shape index (κ2) is 9.70. The van der Waals surface area contributed by atoms with Gasteiger partial charge in [0.25, 0.3) is 11.6 Å². The molecule has 150 valence electrons. The summed E-state index contributed by atoms with van der Waals surface area (Å²) in [5.74, 6) is -1.49. The monoisotopic (exact) mass is 399 g/mol. The van der Waals surface area contributed by atoms with Gasteiger partial charge in [-0.1, -0.05) is 0 Å². The SMILES string of the molecule is CCOc1cc([N+](=O)[O-])c(C(=O)OCC(=O)Nc2ccc(C#N)cc2)cc1OC. The van der Waals surface area contributed by atoms with Crippen molar-refractivity contribution in [3.8, 4) is 17.6 Å². The molecule has 10 heteroatoms. The van der Waals surface area contributed by atoms with Gasteiger partial charge < -0.3 is 19.5 Å². The number of carbonyl (C=O) groups is 2. The number of methoxy groups -OCH3 is 1. The number of amides is 1. The van der Waals surface area contributed by atoms with Crippen molar-refractivity contribution in [1.82, 2.24) is 0 Å². The van der Waals surface area contributed by atoms with Crippen LogP contribution in [0.1, 0.15) is 22.8 Å². The molecule has 0 saturated heterocycles. The fourth-order valence-corrected chi connectivity index (χ4v) is 2.33. The Morgan fingerprint density at radius 2 is 1.90 bits per heavy atom. The Hall–Kier alpha value is -4.13. The van der Waals surface area contributed by atoms with Crippen LogP contribution in [-0.2, 0) is 9.53 Å². The smallest absolute Gasteiger partial charge is 0.345 e. The molecule has 2 aromatic rings. The third-order valence-electron chi connectivity index (χ3n) is 3.63. The quantitative estimate of drug-likeness (QED) is 0.406. The highest BCUT2D eigenvalue weighted by molar-refractivity contribution is 5.98. The Labute approximate surface area is 165 Å². The van der Waals surface area contributed by atoms with E-state index in [4.69, 9.17) is 19.5 Å². The Bertz CT molecular complexity index is 965. The van der Waals surface area contributed by atoms with E-state index < -0.39 is 29.1 Å². The molecule has 2 aromatic carbocycles. The first-order valence-electron chi connectivity index (χ1n) is 8.36. The number of nitrogens with one attached hydrogen (secondary N) is 1. The van der Waals surface area contributed by atoms with Crippen LogP contribution in [0.25, 0.3) is 0 Å². The zero-order chi connectivity index (χ0) is 21.4. The van der Waals surface area contributed by atoms with Crippen LogP contribution >= 0.6 is 0 Å². The number of rotatable bonds is 8. The predicted molar refractivity (Wildman–Crippen MR) is 101 cm³/mol. The van der Waals surface area contributed by atoms with Crippen LogP contribution in [0.2, 0.25) is 0 Å². The number of hydrogen-bond acceptors (Lipinski definition) is 8. The molecule has 0 heterocycles. The van der Waals surface area contributed by atoms with Gasteiger partial charge in [-0.15, -0.1) is 0 Å². The van der Waals surface area contributed by atoms with Crippen LogP contribution in [0.15, 0.2) is 36.4 Å². The standard InChI is InChI=1S/C19H17N3O7/c1-3-28-17-9-15(22(25)26)14(8-16(17)27-2)19(24)29-11-18(23)21-13-6-4-12(10-20)5-7-13/h4-9H,3,11H2,1-2H3,(H,21,23). The summed E-state index contributed by atoms with van der Waals surface area (Å²) in [7, 11) is 1.32. The van der Waals surface area contributed by atoms with Crippen molar-refractivity contribution in [1.29, 1.82) is 5.26 Å². The van der Waals surface area contributed by atoms with Gasteiger partial charge in [-0.05, 0) is 31.2 Å². The van der Waals surface area contributed by atoms with E-state index in [1.807, 2.05) is 6.07 Å². The van der Waals surface area contributed by atoms with Gasteiger partial charge in [-0.2, -0.15) is 5.26 Å². The largest absolute Gasteiger partial charge is 0.493 e. The number of nitro groups is 1. The van der Waals surface area contributed by atoms with Gasteiger partial charge in [0.1, 0.15) is 5.56 Å². The third kappa shape index (κ3) is 5.43. The number of hydrogen-bond donors (Lipinski definition) is 1. The van der Waals surface area contributed by atoms with Gasteiger partial charge in [0.05, 0.1) is 36.3 Å². The van der Waals surface area contributed by atoms with E-state index in [-0.39, 0.29) is 23.7 Å². The first-order chi connectivity index (χ1) is 13.9. The summed E-state index contributed by atoms with van der Waals surface area (Å²) < 4.78 is 15.3. The Morgan fingerprint density at radius 1 is 1.21 bits per heavy atom. The molecule has 29 heavy (non-hydrogen) atoms. The number of esters is 1. The summed E-state index contributed by atoms with van der Waals surface area (Å²) >= 11 is 0. The highest BCUT2D eigenvalue weighted by atomic mass is 16.6. The fourth-order valence-electron chi connectivity index (χ4n) is 2.33. The molecule has 10 nitrogen and oxygen atoms in total. The summed E-state index contributed by atoms with van der Waals surface area (Å²) in [6.45, 7) is 1.28. The van der Waals surface area contributed by atoms with Gasteiger partial charge in [0.15, 0.2) is 18.1 Å². The van der Waals surface area contributed by atoms with E-state index in [0.717, 1.165) is 12.1 Å². The Morgan fingerprint density at radius 3 is 2.45 bits per heavy atom. The molecule has 0 radical (unpaired) electrons. The molecule has 0 aliphatic heterocycles. The van der Waals surface area contributed by atoms with Gasteiger partial charge in [-0.25, -0.2) is 4.79 Å². The highest BCUT2D eigenvalue weighted by Crippen LogP contribution is 2.35. The summed E-state index contributed by atoms with van der Waals surface area (Å²) in [6, 6.07) is 10.2. The van der Waals surface area contributed by atoms with Crippen LogP contribution in [0.4, 0.5) is 11.4 Å². The van der Waals surface area contributed by atoms with Gasteiger partial charge >= 0.3 is 5.97 Å². The second-order valence-corrected chi connectivity index (χ2v) is 5.52. The lowest BCUT2D eigenvalue weighted by atomic mass is 10.1. The van der Waals surface area contributed by atoms with Crippen molar-refractivity contribution < 1.29 is 28.7 Å². The lowest BCUT2D eigenvalue weighted by molar-refractivity contribution is -0.385. The van der Waals surface area contributed by atoms with Gasteiger partial charge in [-0.3, -0.25) is 14.9 Å². The van der Waals surface area contributed by atoms with Crippen LogP contribution in [-0.4, -0.2) is 37.1 Å². The van der Waals surface area contributed by atoms with E-state index in [1.54, 1.807) is 6.92 Å². The number of nitrogens with zero attached hydrogens (tertiary/aromatic N) is 2. The summed E-state index contributed by atoms with van der Waals surface area (Å²) in [6.07, 6.45) is 0. The molecular weight excluding hydrogens is 382 g/mol. The molecule has 2 rings (SSSR count). The number of ether oxygens (including phenoxy) is 3. The van der Waals surface area contributed by atoms with Crippen molar-refractivity contribution in [3.63, 3.8) is 0 Å². The molecule has 0 atom stereocenters. The number of anilines is 1. The maximum atomic E-state index is 12.3. The zero-order valence-corrected chi connectivity index (χ0v) is 15.6. The molecule has 0 bridgehead atoms. The summed E-state index contributed by atoms with van der Waals surface area (Å²) in [5, 5.41) is 22.5. The molecule has 0 aliphatic carbocycles.